The van der Waals surface area contributed by atoms with E-state index >= 15 is 0 Å². The number of aromatic hydroxyl groups is 1. The Morgan fingerprint density at radius 1 is 0.690 bits per heavy atom. The molecule has 2 aromatic carbocycles. The number of carbonyl (C=O) groups excluding carboxylic acids is 3. The number of carbonyl (C=O) groups is 5. The summed E-state index contributed by atoms with van der Waals surface area (Å²) in [4.78, 5) is 62.4. The van der Waals surface area contributed by atoms with Gasteiger partial charge in [0, 0.05) is 12.8 Å². The van der Waals surface area contributed by atoms with E-state index in [0.29, 0.717) is 30.5 Å². The number of amides is 3. The quantitative estimate of drug-likeness (QED) is 0.109. The number of aliphatic carboxylic acids is 2. The van der Waals surface area contributed by atoms with Crippen LogP contribution in [-0.4, -0.2) is 75.7 Å². The Morgan fingerprint density at radius 3 is 1.81 bits per heavy atom. The molecule has 0 spiro atoms. The van der Waals surface area contributed by atoms with Crippen LogP contribution in [0.5, 0.6) is 5.75 Å². The predicted molar refractivity (Wildman–Crippen MR) is 153 cm³/mol. The zero-order valence-electron chi connectivity index (χ0n) is 23.2. The summed E-state index contributed by atoms with van der Waals surface area (Å²) < 4.78 is 0. The molecule has 2 aromatic rings. The van der Waals surface area contributed by atoms with Crippen LogP contribution in [0.1, 0.15) is 43.2 Å². The van der Waals surface area contributed by atoms with E-state index in [-0.39, 0.29) is 31.4 Å². The van der Waals surface area contributed by atoms with Crippen LogP contribution >= 0.6 is 0 Å². The molecule has 4 unspecified atom stereocenters. The van der Waals surface area contributed by atoms with Gasteiger partial charge in [-0.05, 0) is 61.9 Å². The summed E-state index contributed by atoms with van der Waals surface area (Å²) >= 11 is 0. The summed E-state index contributed by atoms with van der Waals surface area (Å²) in [5.41, 5.74) is 12.9. The maximum atomic E-state index is 13.3. The molecule has 42 heavy (non-hydrogen) atoms. The summed E-state index contributed by atoms with van der Waals surface area (Å²) in [6.07, 6.45) is 0.483. The third kappa shape index (κ3) is 11.9. The number of carboxylic acid groups (broad SMARTS) is 2. The van der Waals surface area contributed by atoms with E-state index in [2.05, 4.69) is 16.0 Å². The van der Waals surface area contributed by atoms with E-state index in [1.807, 2.05) is 0 Å². The molecule has 0 radical (unpaired) electrons. The van der Waals surface area contributed by atoms with Crippen LogP contribution in [0.2, 0.25) is 0 Å². The van der Waals surface area contributed by atoms with Crippen LogP contribution in [0.25, 0.3) is 0 Å². The minimum Gasteiger partial charge on any atom is -0.508 e. The van der Waals surface area contributed by atoms with Crippen LogP contribution in [0.4, 0.5) is 0 Å². The van der Waals surface area contributed by atoms with Crippen molar-refractivity contribution < 1.29 is 39.3 Å². The number of nitrogens with one attached hydrogen (secondary N) is 3. The van der Waals surface area contributed by atoms with Crippen LogP contribution in [0, 0.1) is 0 Å². The van der Waals surface area contributed by atoms with Gasteiger partial charge in [0.15, 0.2) is 0 Å². The number of hydrogen-bond acceptors (Lipinski definition) is 8. The molecule has 0 aliphatic heterocycles. The van der Waals surface area contributed by atoms with Crippen molar-refractivity contribution in [3.63, 3.8) is 0 Å². The first-order valence-corrected chi connectivity index (χ1v) is 13.6. The van der Waals surface area contributed by atoms with Crippen LogP contribution < -0.4 is 27.4 Å². The smallest absolute Gasteiger partial charge is 0.326 e. The molecular weight excluding hydrogens is 546 g/mol. The van der Waals surface area contributed by atoms with Crippen molar-refractivity contribution >= 4 is 29.7 Å². The van der Waals surface area contributed by atoms with E-state index in [1.165, 1.54) is 12.1 Å². The molecule has 0 fully saturated rings. The lowest BCUT2D eigenvalue weighted by atomic mass is 10.0. The summed E-state index contributed by atoms with van der Waals surface area (Å²) in [5.74, 6) is -4.68. The molecule has 2 rings (SSSR count). The zero-order valence-corrected chi connectivity index (χ0v) is 23.2. The highest BCUT2D eigenvalue weighted by atomic mass is 16.4. The Balaban J connectivity index is 2.15. The first-order valence-electron chi connectivity index (χ1n) is 13.6. The highest BCUT2D eigenvalue weighted by Gasteiger charge is 2.30. The number of phenolic OH excluding ortho intramolecular Hbond substituents is 1. The number of hydrogen-bond donors (Lipinski definition) is 8. The average molecular weight is 586 g/mol. The Hall–Kier alpha value is -4.49. The third-order valence-corrected chi connectivity index (χ3v) is 6.49. The molecule has 0 aliphatic carbocycles. The lowest BCUT2D eigenvalue weighted by molar-refractivity contribution is -0.142. The number of nitrogens with two attached hydrogens (primary N) is 2. The lowest BCUT2D eigenvalue weighted by Gasteiger charge is -2.25. The Kier molecular flexibility index (Phi) is 13.9. The molecule has 0 aromatic heterocycles. The number of rotatable bonds is 18. The van der Waals surface area contributed by atoms with E-state index in [1.54, 1.807) is 42.5 Å². The van der Waals surface area contributed by atoms with Gasteiger partial charge in [0.25, 0.3) is 0 Å². The van der Waals surface area contributed by atoms with Gasteiger partial charge >= 0.3 is 11.9 Å². The number of benzene rings is 2. The molecule has 4 atom stereocenters. The second-order valence-electron chi connectivity index (χ2n) is 9.91. The van der Waals surface area contributed by atoms with Gasteiger partial charge in [-0.1, -0.05) is 42.5 Å². The summed E-state index contributed by atoms with van der Waals surface area (Å²) in [6, 6.07) is 9.91. The Bertz CT molecular complexity index is 1190. The second kappa shape index (κ2) is 17.4. The van der Waals surface area contributed by atoms with E-state index in [9.17, 15) is 34.2 Å². The summed E-state index contributed by atoms with van der Waals surface area (Å²) in [6.45, 7) is 0.338. The Labute approximate surface area is 243 Å². The van der Waals surface area contributed by atoms with Gasteiger partial charge in [0.05, 0.1) is 6.04 Å². The van der Waals surface area contributed by atoms with Crippen molar-refractivity contribution in [3.8, 4) is 5.75 Å². The number of phenols is 1. The maximum absolute atomic E-state index is 13.3. The highest BCUT2D eigenvalue weighted by molar-refractivity contribution is 5.94. The van der Waals surface area contributed by atoms with Crippen molar-refractivity contribution in [1.29, 1.82) is 0 Å². The fourth-order valence-corrected chi connectivity index (χ4v) is 4.15. The fourth-order valence-electron chi connectivity index (χ4n) is 4.15. The first kappa shape index (κ1) is 33.7. The molecule has 0 saturated heterocycles. The molecule has 0 bridgehead atoms. The van der Waals surface area contributed by atoms with E-state index in [4.69, 9.17) is 16.6 Å². The lowest BCUT2D eigenvalue weighted by Crippen LogP contribution is -2.57. The van der Waals surface area contributed by atoms with Gasteiger partial charge in [-0.3, -0.25) is 19.2 Å². The summed E-state index contributed by atoms with van der Waals surface area (Å²) in [5, 5.41) is 35.8. The molecule has 13 nitrogen and oxygen atoms in total. The van der Waals surface area contributed by atoms with Crippen LogP contribution in [0.15, 0.2) is 54.6 Å². The third-order valence-electron chi connectivity index (χ3n) is 6.49. The molecule has 13 heteroatoms. The van der Waals surface area contributed by atoms with Gasteiger partial charge in [0.2, 0.25) is 17.7 Å². The van der Waals surface area contributed by atoms with Crippen molar-refractivity contribution in [2.24, 2.45) is 11.5 Å². The minimum atomic E-state index is -1.33. The average Bonchev–Trinajstić information content (AvgIpc) is 2.95. The van der Waals surface area contributed by atoms with E-state index < -0.39 is 60.2 Å². The molecule has 0 saturated carbocycles. The zero-order chi connectivity index (χ0) is 31.1. The largest absolute Gasteiger partial charge is 0.508 e. The standard InChI is InChI=1S/C29H39N5O8/c30-15-5-4-8-22(27(39)34-24(29(41)42)17-18-6-2-1-3-7-18)33-28(40)23(13-14-25(36)37)32-26(38)21(31)16-19-9-11-20(35)12-10-19/h1-3,6-7,9-12,21-24,35H,4-5,8,13-17,30-31H2,(H,32,38)(H,33,40)(H,34,39)(H,36,37)(H,41,42). The molecule has 3 amide bonds. The molecule has 10 N–H and O–H groups in total. The van der Waals surface area contributed by atoms with Crippen LogP contribution in [-0.2, 0) is 36.8 Å². The Morgan fingerprint density at radius 2 is 1.24 bits per heavy atom. The van der Waals surface area contributed by atoms with Crippen molar-refractivity contribution in [1.82, 2.24) is 16.0 Å². The molecule has 228 valence electrons. The predicted octanol–water partition coefficient (Wildman–Crippen LogP) is 0.0375. The minimum absolute atomic E-state index is 0.0155. The second-order valence-corrected chi connectivity index (χ2v) is 9.91. The maximum Gasteiger partial charge on any atom is 0.326 e. The van der Waals surface area contributed by atoms with Gasteiger partial charge in [-0.25, -0.2) is 4.79 Å². The van der Waals surface area contributed by atoms with Crippen molar-refractivity contribution in [2.75, 3.05) is 6.54 Å². The molecule has 0 heterocycles. The van der Waals surface area contributed by atoms with Gasteiger partial charge in [-0.15, -0.1) is 0 Å². The number of unbranched alkanes of at least 4 members (excludes halogenated alkanes) is 1. The monoisotopic (exact) mass is 585 g/mol. The van der Waals surface area contributed by atoms with Gasteiger partial charge in [0.1, 0.15) is 23.9 Å². The van der Waals surface area contributed by atoms with Crippen molar-refractivity contribution in [3.05, 3.63) is 65.7 Å². The molecule has 0 aliphatic rings. The van der Waals surface area contributed by atoms with E-state index in [0.717, 1.165) is 0 Å². The number of carboxylic acids is 2. The van der Waals surface area contributed by atoms with Gasteiger partial charge < -0.3 is 42.7 Å². The SMILES string of the molecule is NCCCCC(NC(=O)C(CCC(=O)O)NC(=O)C(N)Cc1ccc(O)cc1)C(=O)NC(Cc1ccccc1)C(=O)O. The normalized spacial score (nSPS) is 13.7. The molecular formula is C29H39N5O8. The van der Waals surface area contributed by atoms with Crippen LogP contribution in [0.3, 0.4) is 0 Å². The topological polar surface area (TPSA) is 234 Å². The fraction of sp³-hybridized carbons (Fsp3) is 0.414. The van der Waals surface area contributed by atoms with Crippen molar-refractivity contribution in [2.45, 2.75) is 69.1 Å². The highest BCUT2D eigenvalue weighted by Crippen LogP contribution is 2.12. The summed E-state index contributed by atoms with van der Waals surface area (Å²) in [7, 11) is 0. The first-order chi connectivity index (χ1) is 20.0. The van der Waals surface area contributed by atoms with Gasteiger partial charge in [-0.2, -0.15) is 0 Å².